The van der Waals surface area contributed by atoms with E-state index in [-0.39, 0.29) is 0 Å². The first-order chi connectivity index (χ1) is 6.27. The highest BCUT2D eigenvalue weighted by Gasteiger charge is 2.05. The Labute approximate surface area is 72.6 Å². The monoisotopic (exact) mass is 181 g/mol. The van der Waals surface area contributed by atoms with Crippen molar-refractivity contribution in [1.29, 1.82) is 0 Å². The van der Waals surface area contributed by atoms with Gasteiger partial charge >= 0.3 is 6.09 Å². The van der Waals surface area contributed by atoms with E-state index in [1.54, 1.807) is 12.3 Å². The van der Waals surface area contributed by atoms with Crippen LogP contribution < -0.4 is 0 Å². The summed E-state index contributed by atoms with van der Waals surface area (Å²) < 4.78 is 7.36. The van der Waals surface area contributed by atoms with Gasteiger partial charge in [-0.3, -0.25) is 0 Å². The SMILES string of the molecule is O=C(O)n1cc2ccoccn-2[nH]1. The summed E-state index contributed by atoms with van der Waals surface area (Å²) in [5.74, 6) is 0. The second-order valence-corrected chi connectivity index (χ2v) is 2.40. The summed E-state index contributed by atoms with van der Waals surface area (Å²) in [5, 5.41) is 11.2. The van der Waals surface area contributed by atoms with Gasteiger partial charge in [-0.2, -0.15) is 4.68 Å². The summed E-state index contributed by atoms with van der Waals surface area (Å²) in [4.78, 5) is 10.5. The number of nitrogens with zero attached hydrogens (tertiary/aromatic N) is 2. The molecule has 0 amide bonds. The van der Waals surface area contributed by atoms with Gasteiger partial charge in [0, 0.05) is 6.07 Å². The largest absolute Gasteiger partial charge is 0.471 e. The Morgan fingerprint density at radius 1 is 1.54 bits per heavy atom. The lowest BCUT2D eigenvalue weighted by Crippen LogP contribution is -2.09. The normalized spacial score (nSPS) is 10.2. The van der Waals surface area contributed by atoms with E-state index in [2.05, 4.69) is 5.21 Å². The minimum Gasteiger partial charge on any atom is -0.471 e. The third-order valence-electron chi connectivity index (χ3n) is 1.57. The predicted molar refractivity (Wildman–Crippen MR) is 42.6 cm³/mol. The Balaban J connectivity index is 2.64. The zero-order valence-electron chi connectivity index (χ0n) is 6.54. The predicted octanol–water partition coefficient (Wildman–Crippen LogP) is 1.29. The average Bonchev–Trinajstić information content (AvgIpc) is 2.38. The number of carbonyl (C=O) groups is 1. The van der Waals surface area contributed by atoms with Crippen molar-refractivity contribution < 1.29 is 14.3 Å². The van der Waals surface area contributed by atoms with Gasteiger partial charge in [-0.25, -0.2) is 14.7 Å². The van der Waals surface area contributed by atoms with Gasteiger partial charge in [-0.05, 0) is 0 Å². The molecule has 0 saturated heterocycles. The lowest BCUT2D eigenvalue weighted by Gasteiger charge is -1.92. The first-order valence-corrected chi connectivity index (χ1v) is 3.55. The van der Waals surface area contributed by atoms with Crippen LogP contribution in [0.3, 0.4) is 0 Å². The highest BCUT2D eigenvalue weighted by atomic mass is 16.4. The summed E-state index contributed by atoms with van der Waals surface area (Å²) in [6.07, 6.45) is 4.86. The van der Waals surface area contributed by atoms with Gasteiger partial charge in [-0.1, -0.05) is 0 Å². The van der Waals surface area contributed by atoms with Crippen LogP contribution in [0.1, 0.15) is 0 Å². The fourth-order valence-electron chi connectivity index (χ4n) is 0.988. The standard InChI is InChI=1S/C7H7N3O3/c11-7(12)10-5-6-1-3-13-4-2-9(6)8-10/h1-5,8H,(H,11,12). The summed E-state index contributed by atoms with van der Waals surface area (Å²) >= 11 is 0. The summed E-state index contributed by atoms with van der Waals surface area (Å²) in [5.41, 5.74) is 0.691. The quantitative estimate of drug-likeness (QED) is 0.642. The van der Waals surface area contributed by atoms with Gasteiger partial charge in [0.05, 0.1) is 24.3 Å². The van der Waals surface area contributed by atoms with Gasteiger partial charge in [0.15, 0.2) is 0 Å². The van der Waals surface area contributed by atoms with Crippen LogP contribution in [0.15, 0.2) is 35.4 Å². The van der Waals surface area contributed by atoms with Crippen molar-refractivity contribution in [2.75, 3.05) is 0 Å². The number of hydrogen-bond acceptors (Lipinski definition) is 2. The number of nitrogens with one attached hydrogen (secondary N) is 1. The number of H-pyrrole nitrogens is 1. The highest BCUT2D eigenvalue weighted by Crippen LogP contribution is 2.05. The maximum Gasteiger partial charge on any atom is 0.431 e. The van der Waals surface area contributed by atoms with Crippen LogP contribution in [-0.4, -0.2) is 25.8 Å². The van der Waals surface area contributed by atoms with Crippen LogP contribution in [0.25, 0.3) is 5.69 Å². The lowest BCUT2D eigenvalue weighted by molar-refractivity contribution is 0.191. The molecule has 0 unspecified atom stereocenters. The molecule has 13 heavy (non-hydrogen) atoms. The number of rotatable bonds is 0. The summed E-state index contributed by atoms with van der Waals surface area (Å²) in [6, 6.07) is 1.65. The molecule has 0 fully saturated rings. The second-order valence-electron chi connectivity index (χ2n) is 2.40. The van der Waals surface area contributed by atoms with E-state index >= 15 is 0 Å². The van der Waals surface area contributed by atoms with Gasteiger partial charge in [0.1, 0.15) is 6.26 Å². The molecule has 2 aliphatic heterocycles. The first kappa shape index (κ1) is 7.53. The van der Waals surface area contributed by atoms with E-state index in [1.165, 1.54) is 23.4 Å². The molecule has 2 N–H and O–H groups in total. The Bertz CT molecular complexity index is 401. The van der Waals surface area contributed by atoms with Crippen molar-refractivity contribution in [2.45, 2.75) is 0 Å². The molecule has 0 aromatic rings. The Morgan fingerprint density at radius 3 is 3.15 bits per heavy atom. The molecule has 0 radical (unpaired) electrons. The molecular weight excluding hydrogens is 174 g/mol. The van der Waals surface area contributed by atoms with E-state index in [9.17, 15) is 4.79 Å². The van der Waals surface area contributed by atoms with Crippen molar-refractivity contribution in [2.24, 2.45) is 0 Å². The zero-order chi connectivity index (χ0) is 9.26. The molecule has 2 aliphatic rings. The number of aromatic amines is 1. The molecule has 0 aromatic carbocycles. The van der Waals surface area contributed by atoms with Gasteiger partial charge in [-0.15, -0.1) is 0 Å². The third kappa shape index (κ3) is 1.28. The van der Waals surface area contributed by atoms with Crippen LogP contribution in [0.2, 0.25) is 0 Å². The van der Waals surface area contributed by atoms with Gasteiger partial charge in [0.25, 0.3) is 0 Å². The van der Waals surface area contributed by atoms with Crippen LogP contribution >= 0.6 is 0 Å². The Morgan fingerprint density at radius 2 is 2.38 bits per heavy atom. The van der Waals surface area contributed by atoms with Gasteiger partial charge < -0.3 is 9.52 Å². The fraction of sp³-hybridized carbons (Fsp3) is 0. The van der Waals surface area contributed by atoms with E-state index in [1.807, 2.05) is 0 Å². The topological polar surface area (TPSA) is 76.1 Å². The van der Waals surface area contributed by atoms with E-state index < -0.39 is 6.09 Å². The lowest BCUT2D eigenvalue weighted by atomic mass is 10.5. The maximum atomic E-state index is 10.5. The maximum absolute atomic E-state index is 10.5. The van der Waals surface area contributed by atoms with Crippen LogP contribution in [-0.2, 0) is 0 Å². The molecule has 0 atom stereocenters. The van der Waals surface area contributed by atoms with Crippen molar-refractivity contribution in [3.8, 4) is 5.69 Å². The molecular formula is C7H7N3O3. The zero-order valence-corrected chi connectivity index (χ0v) is 6.54. The highest BCUT2D eigenvalue weighted by molar-refractivity contribution is 5.67. The van der Waals surface area contributed by atoms with Crippen LogP contribution in [0, 0.1) is 0 Å². The van der Waals surface area contributed by atoms with Gasteiger partial charge in [0.2, 0.25) is 0 Å². The van der Waals surface area contributed by atoms with E-state index in [4.69, 9.17) is 9.52 Å². The van der Waals surface area contributed by atoms with Crippen molar-refractivity contribution in [3.05, 3.63) is 31.0 Å². The molecule has 2 rings (SSSR count). The molecule has 6 heteroatoms. The average molecular weight is 181 g/mol. The minimum absolute atomic E-state index is 0.691. The first-order valence-electron chi connectivity index (χ1n) is 3.55. The number of fused-ring (bicyclic) bond motifs is 1. The fourth-order valence-corrected chi connectivity index (χ4v) is 0.988. The van der Waals surface area contributed by atoms with Crippen molar-refractivity contribution in [3.63, 3.8) is 0 Å². The minimum atomic E-state index is -1.07. The number of hydrogen-bond donors (Lipinski definition) is 2. The van der Waals surface area contributed by atoms with E-state index in [0.29, 0.717) is 5.69 Å². The van der Waals surface area contributed by atoms with Crippen LogP contribution in [0.4, 0.5) is 4.79 Å². The van der Waals surface area contributed by atoms with Crippen LogP contribution in [0.5, 0.6) is 0 Å². The molecule has 0 aromatic heterocycles. The van der Waals surface area contributed by atoms with Crippen molar-refractivity contribution in [1.82, 2.24) is 14.6 Å². The summed E-state index contributed by atoms with van der Waals surface area (Å²) in [6.45, 7) is 0. The number of aromatic nitrogens is 3. The second kappa shape index (κ2) is 2.74. The number of carboxylic acid groups (broad SMARTS) is 1. The molecule has 6 nitrogen and oxygen atoms in total. The summed E-state index contributed by atoms with van der Waals surface area (Å²) in [7, 11) is 0. The van der Waals surface area contributed by atoms with Crippen molar-refractivity contribution >= 4 is 6.09 Å². The molecule has 68 valence electrons. The smallest absolute Gasteiger partial charge is 0.431 e. The molecule has 2 heterocycles. The Hall–Kier alpha value is -2.11. The third-order valence-corrected chi connectivity index (χ3v) is 1.57. The molecule has 0 saturated carbocycles. The molecule has 0 aliphatic carbocycles. The molecule has 0 bridgehead atoms. The Kier molecular flexibility index (Phi) is 1.59. The molecule has 0 spiro atoms. The van der Waals surface area contributed by atoms with E-state index in [0.717, 1.165) is 4.68 Å².